The molecule has 0 atom stereocenters. The minimum Gasteiger partial charge on any atom is -0.466 e. The summed E-state index contributed by atoms with van der Waals surface area (Å²) in [6, 6.07) is 6.93. The molecule has 1 amide bonds. The van der Waals surface area contributed by atoms with Crippen molar-refractivity contribution < 1.29 is 14.3 Å². The zero-order valence-electron chi connectivity index (χ0n) is 9.85. The summed E-state index contributed by atoms with van der Waals surface area (Å²) in [7, 11) is 0. The summed E-state index contributed by atoms with van der Waals surface area (Å²) in [5.74, 6) is -1.09. The van der Waals surface area contributed by atoms with E-state index in [0.29, 0.717) is 5.02 Å². The van der Waals surface area contributed by atoms with Crippen LogP contribution in [0.15, 0.2) is 29.4 Å². The van der Waals surface area contributed by atoms with E-state index in [1.165, 1.54) is 6.21 Å². The SMILES string of the molecule is CCOC(=O)CC(=O)NN=Cc1ccc(Cl)cc1. The molecule has 0 aromatic heterocycles. The molecular formula is C12H13ClN2O3. The monoisotopic (exact) mass is 268 g/mol. The van der Waals surface area contributed by atoms with Crippen LogP contribution in [0, 0.1) is 0 Å². The number of carbonyl (C=O) groups excluding carboxylic acids is 2. The van der Waals surface area contributed by atoms with Crippen molar-refractivity contribution in [3.63, 3.8) is 0 Å². The lowest BCUT2D eigenvalue weighted by molar-refractivity contribution is -0.145. The van der Waals surface area contributed by atoms with Gasteiger partial charge in [0.2, 0.25) is 0 Å². The Bertz CT molecular complexity index is 443. The van der Waals surface area contributed by atoms with Crippen molar-refractivity contribution in [2.45, 2.75) is 13.3 Å². The molecule has 0 fully saturated rings. The molecule has 0 unspecified atom stereocenters. The van der Waals surface area contributed by atoms with Gasteiger partial charge in [-0.2, -0.15) is 5.10 Å². The summed E-state index contributed by atoms with van der Waals surface area (Å²) < 4.78 is 4.62. The second-order valence-electron chi connectivity index (χ2n) is 3.33. The van der Waals surface area contributed by atoms with Gasteiger partial charge in [0.05, 0.1) is 12.8 Å². The molecule has 0 heterocycles. The zero-order valence-corrected chi connectivity index (χ0v) is 10.6. The topological polar surface area (TPSA) is 67.8 Å². The van der Waals surface area contributed by atoms with Crippen LogP contribution in [0.4, 0.5) is 0 Å². The maximum absolute atomic E-state index is 11.2. The Morgan fingerprint density at radius 3 is 2.67 bits per heavy atom. The van der Waals surface area contributed by atoms with E-state index in [2.05, 4.69) is 15.3 Å². The number of carbonyl (C=O) groups is 2. The highest BCUT2D eigenvalue weighted by atomic mass is 35.5. The summed E-state index contributed by atoms with van der Waals surface area (Å²) in [6.45, 7) is 1.93. The van der Waals surface area contributed by atoms with Gasteiger partial charge in [-0.05, 0) is 24.6 Å². The van der Waals surface area contributed by atoms with E-state index in [1.54, 1.807) is 31.2 Å². The molecule has 1 aromatic rings. The lowest BCUT2D eigenvalue weighted by Crippen LogP contribution is -2.22. The predicted molar refractivity (Wildman–Crippen MR) is 68.4 cm³/mol. The van der Waals surface area contributed by atoms with Crippen molar-refractivity contribution in [3.05, 3.63) is 34.9 Å². The lowest BCUT2D eigenvalue weighted by Gasteiger charge is -2.00. The summed E-state index contributed by atoms with van der Waals surface area (Å²) >= 11 is 5.72. The van der Waals surface area contributed by atoms with E-state index < -0.39 is 11.9 Å². The highest BCUT2D eigenvalue weighted by Gasteiger charge is 2.08. The van der Waals surface area contributed by atoms with E-state index in [4.69, 9.17) is 11.6 Å². The number of nitrogens with zero attached hydrogens (tertiary/aromatic N) is 1. The largest absolute Gasteiger partial charge is 0.466 e. The maximum Gasteiger partial charge on any atom is 0.315 e. The van der Waals surface area contributed by atoms with Gasteiger partial charge < -0.3 is 4.74 Å². The van der Waals surface area contributed by atoms with Crippen LogP contribution in [-0.4, -0.2) is 24.7 Å². The third-order valence-corrected chi connectivity index (χ3v) is 2.14. The Morgan fingerprint density at radius 2 is 2.06 bits per heavy atom. The Balaban J connectivity index is 2.38. The first kappa shape index (κ1) is 14.2. The van der Waals surface area contributed by atoms with Crippen molar-refractivity contribution in [1.29, 1.82) is 0 Å². The van der Waals surface area contributed by atoms with Crippen LogP contribution in [0.1, 0.15) is 18.9 Å². The van der Waals surface area contributed by atoms with E-state index in [9.17, 15) is 9.59 Å². The molecule has 0 aliphatic carbocycles. The predicted octanol–water partition coefficient (Wildman–Crippen LogP) is 1.74. The molecule has 1 rings (SSSR count). The molecule has 5 nitrogen and oxygen atoms in total. The average molecular weight is 269 g/mol. The summed E-state index contributed by atoms with van der Waals surface area (Å²) in [4.78, 5) is 22.2. The van der Waals surface area contributed by atoms with Gasteiger partial charge in [0.15, 0.2) is 0 Å². The Morgan fingerprint density at radius 1 is 1.39 bits per heavy atom. The number of hydrazone groups is 1. The van der Waals surface area contributed by atoms with E-state index in [-0.39, 0.29) is 13.0 Å². The van der Waals surface area contributed by atoms with Crippen LogP contribution in [0.3, 0.4) is 0 Å². The molecule has 0 aliphatic rings. The van der Waals surface area contributed by atoms with Crippen molar-refractivity contribution >= 4 is 29.7 Å². The number of rotatable bonds is 5. The number of benzene rings is 1. The van der Waals surface area contributed by atoms with Crippen LogP contribution < -0.4 is 5.43 Å². The molecule has 0 saturated carbocycles. The number of nitrogens with one attached hydrogen (secondary N) is 1. The molecule has 0 radical (unpaired) electrons. The highest BCUT2D eigenvalue weighted by molar-refractivity contribution is 6.30. The number of halogens is 1. The normalized spacial score (nSPS) is 10.3. The van der Waals surface area contributed by atoms with Gasteiger partial charge in [-0.25, -0.2) is 5.43 Å². The zero-order chi connectivity index (χ0) is 13.4. The first-order valence-corrected chi connectivity index (χ1v) is 5.72. The van der Waals surface area contributed by atoms with Crippen molar-refractivity contribution in [3.8, 4) is 0 Å². The molecular weight excluding hydrogens is 256 g/mol. The Labute approximate surface area is 110 Å². The number of esters is 1. The number of ether oxygens (including phenoxy) is 1. The van der Waals surface area contributed by atoms with Gasteiger partial charge >= 0.3 is 5.97 Å². The molecule has 6 heteroatoms. The molecule has 0 saturated heterocycles. The Kier molecular flexibility index (Phi) is 5.87. The molecule has 0 bridgehead atoms. The fourth-order valence-corrected chi connectivity index (χ4v) is 1.24. The second-order valence-corrected chi connectivity index (χ2v) is 3.76. The number of amides is 1. The van der Waals surface area contributed by atoms with Gasteiger partial charge in [-0.1, -0.05) is 23.7 Å². The molecule has 1 aromatic carbocycles. The van der Waals surface area contributed by atoms with Crippen molar-refractivity contribution in [2.24, 2.45) is 5.10 Å². The molecule has 1 N–H and O–H groups in total. The molecule has 0 spiro atoms. The molecule has 96 valence electrons. The highest BCUT2D eigenvalue weighted by Crippen LogP contribution is 2.07. The van der Waals surface area contributed by atoms with Crippen LogP contribution >= 0.6 is 11.6 Å². The lowest BCUT2D eigenvalue weighted by atomic mass is 10.2. The Hall–Kier alpha value is -1.88. The van der Waals surface area contributed by atoms with Crippen LogP contribution in [0.5, 0.6) is 0 Å². The van der Waals surface area contributed by atoms with Crippen LogP contribution in [-0.2, 0) is 14.3 Å². The maximum atomic E-state index is 11.2. The van der Waals surface area contributed by atoms with Crippen molar-refractivity contribution in [2.75, 3.05) is 6.61 Å². The second kappa shape index (κ2) is 7.45. The molecule has 18 heavy (non-hydrogen) atoms. The number of hydrogen-bond donors (Lipinski definition) is 1. The fourth-order valence-electron chi connectivity index (χ4n) is 1.11. The summed E-state index contributed by atoms with van der Waals surface area (Å²) in [5, 5.41) is 4.33. The van der Waals surface area contributed by atoms with Crippen LogP contribution in [0.25, 0.3) is 0 Å². The minimum absolute atomic E-state index is 0.250. The standard InChI is InChI=1S/C12H13ClN2O3/c1-2-18-12(17)7-11(16)15-14-8-9-3-5-10(13)6-4-9/h3-6,8H,2,7H2,1H3,(H,15,16). The fraction of sp³-hybridized carbons (Fsp3) is 0.250. The average Bonchev–Trinajstić information content (AvgIpc) is 2.32. The third-order valence-electron chi connectivity index (χ3n) is 1.88. The first-order valence-electron chi connectivity index (χ1n) is 5.35. The van der Waals surface area contributed by atoms with Gasteiger partial charge in [-0.15, -0.1) is 0 Å². The van der Waals surface area contributed by atoms with E-state index >= 15 is 0 Å². The summed E-state index contributed by atoms with van der Waals surface area (Å²) in [5.41, 5.74) is 3.02. The van der Waals surface area contributed by atoms with E-state index in [0.717, 1.165) is 5.56 Å². The summed E-state index contributed by atoms with van der Waals surface area (Å²) in [6.07, 6.45) is 1.12. The first-order chi connectivity index (χ1) is 8.61. The van der Waals surface area contributed by atoms with Crippen LogP contribution in [0.2, 0.25) is 5.02 Å². The number of hydrogen-bond acceptors (Lipinski definition) is 4. The minimum atomic E-state index is -0.573. The smallest absolute Gasteiger partial charge is 0.315 e. The molecule has 0 aliphatic heterocycles. The van der Waals surface area contributed by atoms with Gasteiger partial charge in [0.25, 0.3) is 5.91 Å². The van der Waals surface area contributed by atoms with Gasteiger partial charge in [-0.3, -0.25) is 9.59 Å². The quantitative estimate of drug-likeness (QED) is 0.383. The van der Waals surface area contributed by atoms with Gasteiger partial charge in [0, 0.05) is 5.02 Å². The third kappa shape index (κ3) is 5.45. The van der Waals surface area contributed by atoms with Crippen molar-refractivity contribution in [1.82, 2.24) is 5.43 Å². The van der Waals surface area contributed by atoms with E-state index in [1.807, 2.05) is 0 Å². The van der Waals surface area contributed by atoms with Gasteiger partial charge in [0.1, 0.15) is 6.42 Å².